The second-order valence-electron chi connectivity index (χ2n) is 5.01. The van der Waals surface area contributed by atoms with Crippen molar-refractivity contribution in [2.75, 3.05) is 5.32 Å². The Labute approximate surface area is 118 Å². The maximum absolute atomic E-state index is 4.68. The summed E-state index contributed by atoms with van der Waals surface area (Å²) in [5.41, 5.74) is 4.37. The third-order valence-electron chi connectivity index (χ3n) is 3.35. The van der Waals surface area contributed by atoms with E-state index in [1.165, 1.54) is 5.39 Å². The van der Waals surface area contributed by atoms with E-state index in [0.29, 0.717) is 0 Å². The molecule has 1 N–H and O–H groups in total. The highest BCUT2D eigenvalue weighted by molar-refractivity contribution is 5.81. The number of anilines is 1. The number of hydrogen-bond donors (Lipinski definition) is 1. The molecule has 0 saturated heterocycles. The lowest BCUT2D eigenvalue weighted by Gasteiger charge is -2.10. The van der Waals surface area contributed by atoms with E-state index in [-0.39, 0.29) is 0 Å². The van der Waals surface area contributed by atoms with Crippen molar-refractivity contribution in [1.29, 1.82) is 0 Å². The van der Waals surface area contributed by atoms with Crippen LogP contribution in [0.3, 0.4) is 0 Å². The van der Waals surface area contributed by atoms with Gasteiger partial charge in [0.2, 0.25) is 0 Å². The second-order valence-corrected chi connectivity index (χ2v) is 5.01. The lowest BCUT2D eigenvalue weighted by Crippen LogP contribution is -2.04. The Morgan fingerprint density at radius 2 is 1.90 bits per heavy atom. The molecule has 0 aliphatic carbocycles. The first kappa shape index (κ1) is 12.6. The number of aryl methyl sites for hydroxylation is 2. The Hall–Kier alpha value is -2.42. The minimum atomic E-state index is 0.736. The van der Waals surface area contributed by atoms with Crippen molar-refractivity contribution in [3.8, 4) is 0 Å². The van der Waals surface area contributed by atoms with Gasteiger partial charge in [-0.25, -0.2) is 4.98 Å². The zero-order valence-electron chi connectivity index (χ0n) is 11.7. The summed E-state index contributed by atoms with van der Waals surface area (Å²) >= 11 is 0. The molecule has 0 atom stereocenters. The molecule has 0 amide bonds. The molecule has 3 heteroatoms. The highest BCUT2D eigenvalue weighted by Gasteiger charge is 2.03. The predicted molar refractivity (Wildman–Crippen MR) is 82.8 cm³/mol. The van der Waals surface area contributed by atoms with Crippen LogP contribution in [0, 0.1) is 13.8 Å². The van der Waals surface area contributed by atoms with Gasteiger partial charge in [-0.05, 0) is 43.2 Å². The third-order valence-corrected chi connectivity index (χ3v) is 3.35. The average molecular weight is 263 g/mol. The first-order valence-corrected chi connectivity index (χ1v) is 6.74. The van der Waals surface area contributed by atoms with Crippen molar-refractivity contribution in [2.45, 2.75) is 20.4 Å². The fraction of sp³-hybridized carbons (Fsp3) is 0.176. The quantitative estimate of drug-likeness (QED) is 0.779. The van der Waals surface area contributed by atoms with E-state index >= 15 is 0 Å². The van der Waals surface area contributed by atoms with Gasteiger partial charge >= 0.3 is 0 Å². The Morgan fingerprint density at radius 1 is 1.05 bits per heavy atom. The van der Waals surface area contributed by atoms with Crippen molar-refractivity contribution >= 4 is 16.7 Å². The Bertz CT molecular complexity index is 733. The number of nitrogens with zero attached hydrogens (tertiary/aromatic N) is 2. The number of pyridine rings is 2. The second kappa shape index (κ2) is 5.29. The summed E-state index contributed by atoms with van der Waals surface area (Å²) in [5.74, 6) is 0.935. The molecule has 0 fully saturated rings. The van der Waals surface area contributed by atoms with E-state index in [2.05, 4.69) is 40.4 Å². The van der Waals surface area contributed by atoms with Gasteiger partial charge in [0.25, 0.3) is 0 Å². The van der Waals surface area contributed by atoms with E-state index in [1.807, 2.05) is 37.4 Å². The summed E-state index contributed by atoms with van der Waals surface area (Å²) in [6, 6.07) is 14.4. The molecule has 0 radical (unpaired) electrons. The third kappa shape index (κ3) is 2.62. The van der Waals surface area contributed by atoms with Gasteiger partial charge in [0.15, 0.2) is 0 Å². The first-order valence-electron chi connectivity index (χ1n) is 6.74. The summed E-state index contributed by atoms with van der Waals surface area (Å²) < 4.78 is 0. The Kier molecular flexibility index (Phi) is 3.33. The zero-order valence-corrected chi connectivity index (χ0v) is 11.7. The van der Waals surface area contributed by atoms with Gasteiger partial charge in [0.05, 0.1) is 5.52 Å². The minimum absolute atomic E-state index is 0.736. The predicted octanol–water partition coefficient (Wildman–Crippen LogP) is 3.86. The summed E-state index contributed by atoms with van der Waals surface area (Å²) in [7, 11) is 0. The molecule has 0 spiro atoms. The molecule has 0 aliphatic rings. The molecule has 0 saturated carbocycles. The first-order chi connectivity index (χ1) is 9.72. The van der Waals surface area contributed by atoms with Crippen LogP contribution in [0.4, 0.5) is 5.82 Å². The SMILES string of the molecule is Cc1ccc(CNc2nc3ccccc3cc2C)cn1. The van der Waals surface area contributed by atoms with Crippen LogP contribution in [0.25, 0.3) is 10.9 Å². The number of benzene rings is 1. The maximum Gasteiger partial charge on any atom is 0.129 e. The lowest BCUT2D eigenvalue weighted by atomic mass is 10.1. The summed E-state index contributed by atoms with van der Waals surface area (Å²) in [5, 5.41) is 4.56. The van der Waals surface area contributed by atoms with Gasteiger partial charge in [-0.15, -0.1) is 0 Å². The molecule has 100 valence electrons. The molecule has 0 aliphatic heterocycles. The molecule has 0 unspecified atom stereocenters. The van der Waals surface area contributed by atoms with Crippen LogP contribution >= 0.6 is 0 Å². The largest absolute Gasteiger partial charge is 0.366 e. The normalized spacial score (nSPS) is 10.7. The molecule has 3 nitrogen and oxygen atoms in total. The van der Waals surface area contributed by atoms with Crippen LogP contribution in [0.5, 0.6) is 0 Å². The van der Waals surface area contributed by atoms with Gasteiger partial charge < -0.3 is 5.32 Å². The summed E-state index contributed by atoms with van der Waals surface area (Å²) in [6.07, 6.45) is 1.90. The number of aromatic nitrogens is 2. The van der Waals surface area contributed by atoms with Gasteiger partial charge in [0, 0.05) is 23.8 Å². The fourth-order valence-electron chi connectivity index (χ4n) is 2.19. The summed E-state index contributed by atoms with van der Waals surface area (Å²) in [4.78, 5) is 8.98. The number of nitrogens with one attached hydrogen (secondary N) is 1. The molecular weight excluding hydrogens is 246 g/mol. The Morgan fingerprint density at radius 3 is 2.70 bits per heavy atom. The molecule has 3 rings (SSSR count). The molecular formula is C17H17N3. The standard InChI is InChI=1S/C17H17N3/c1-12-9-15-5-3-4-6-16(15)20-17(12)19-11-14-8-7-13(2)18-10-14/h3-10H,11H2,1-2H3,(H,19,20). The molecule has 0 bridgehead atoms. The van der Waals surface area contributed by atoms with Crippen LogP contribution in [0.1, 0.15) is 16.8 Å². The highest BCUT2D eigenvalue weighted by atomic mass is 15.0. The zero-order chi connectivity index (χ0) is 13.9. The van der Waals surface area contributed by atoms with Crippen molar-refractivity contribution in [3.05, 3.63) is 65.5 Å². The van der Waals surface area contributed by atoms with Crippen molar-refractivity contribution in [1.82, 2.24) is 9.97 Å². The monoisotopic (exact) mass is 263 g/mol. The molecule has 2 heterocycles. The number of hydrogen-bond acceptors (Lipinski definition) is 3. The van der Waals surface area contributed by atoms with Crippen LogP contribution < -0.4 is 5.32 Å². The minimum Gasteiger partial charge on any atom is -0.366 e. The Balaban J connectivity index is 1.83. The fourth-order valence-corrected chi connectivity index (χ4v) is 2.19. The summed E-state index contributed by atoms with van der Waals surface area (Å²) in [6.45, 7) is 4.81. The molecule has 3 aromatic rings. The lowest BCUT2D eigenvalue weighted by molar-refractivity contribution is 1.07. The van der Waals surface area contributed by atoms with Gasteiger partial charge in [-0.1, -0.05) is 24.3 Å². The van der Waals surface area contributed by atoms with Crippen LogP contribution in [0.15, 0.2) is 48.7 Å². The topological polar surface area (TPSA) is 37.8 Å². The number of fused-ring (bicyclic) bond motifs is 1. The van der Waals surface area contributed by atoms with Crippen LogP contribution in [-0.4, -0.2) is 9.97 Å². The molecule has 1 aromatic carbocycles. The molecule has 20 heavy (non-hydrogen) atoms. The van der Waals surface area contributed by atoms with Crippen LogP contribution in [-0.2, 0) is 6.54 Å². The van der Waals surface area contributed by atoms with E-state index < -0.39 is 0 Å². The van der Waals surface area contributed by atoms with Crippen molar-refractivity contribution < 1.29 is 0 Å². The highest BCUT2D eigenvalue weighted by Crippen LogP contribution is 2.20. The molecule has 2 aromatic heterocycles. The van der Waals surface area contributed by atoms with E-state index in [1.54, 1.807) is 0 Å². The van der Waals surface area contributed by atoms with Crippen molar-refractivity contribution in [2.24, 2.45) is 0 Å². The number of para-hydroxylation sites is 1. The van der Waals surface area contributed by atoms with Gasteiger partial charge in [-0.3, -0.25) is 4.98 Å². The maximum atomic E-state index is 4.68. The van der Waals surface area contributed by atoms with Gasteiger partial charge in [0.1, 0.15) is 5.82 Å². The average Bonchev–Trinajstić information content (AvgIpc) is 2.47. The smallest absolute Gasteiger partial charge is 0.129 e. The van der Waals surface area contributed by atoms with E-state index in [9.17, 15) is 0 Å². The van der Waals surface area contributed by atoms with Crippen molar-refractivity contribution in [3.63, 3.8) is 0 Å². The van der Waals surface area contributed by atoms with E-state index in [4.69, 9.17) is 0 Å². The van der Waals surface area contributed by atoms with E-state index in [0.717, 1.165) is 34.7 Å². The number of rotatable bonds is 3. The van der Waals surface area contributed by atoms with Crippen LogP contribution in [0.2, 0.25) is 0 Å². The van der Waals surface area contributed by atoms with Gasteiger partial charge in [-0.2, -0.15) is 0 Å².